The number of aliphatic hydroxyl groups excluding tert-OH is 2. The lowest BCUT2D eigenvalue weighted by Gasteiger charge is -2.13. The van der Waals surface area contributed by atoms with Gasteiger partial charge in [0.1, 0.15) is 6.10 Å². The average Bonchev–Trinajstić information content (AvgIpc) is 2.89. The van der Waals surface area contributed by atoms with Gasteiger partial charge in [-0.3, -0.25) is 0 Å². The van der Waals surface area contributed by atoms with Gasteiger partial charge in [0.15, 0.2) is 19.3 Å². The summed E-state index contributed by atoms with van der Waals surface area (Å²) in [5.74, 6) is 2.13. The van der Waals surface area contributed by atoms with E-state index in [1.807, 2.05) is 30.3 Å². The monoisotopic (exact) mass is 306 g/mol. The lowest BCUT2D eigenvalue weighted by molar-refractivity contribution is -0.962. The van der Waals surface area contributed by atoms with E-state index < -0.39 is 24.4 Å². The molecule has 1 aliphatic heterocycles. The smallest absolute Gasteiger partial charge is 0.325 e. The predicted octanol–water partition coefficient (Wildman–Crippen LogP) is 0.275. The van der Waals surface area contributed by atoms with Crippen molar-refractivity contribution in [1.82, 2.24) is 0 Å². The van der Waals surface area contributed by atoms with E-state index in [9.17, 15) is 10.2 Å². The summed E-state index contributed by atoms with van der Waals surface area (Å²) in [4.78, 5) is 11.4. The zero-order chi connectivity index (χ0) is 16.1. The maximum Gasteiger partial charge on any atom is 0.325 e. The van der Waals surface area contributed by atoms with Crippen molar-refractivity contribution < 1.29 is 29.5 Å². The summed E-state index contributed by atoms with van der Waals surface area (Å²) in [5, 5.41) is 20.0. The van der Waals surface area contributed by atoms with Crippen LogP contribution >= 0.6 is 0 Å². The number of aliphatic hydroxyl groups is 2. The van der Waals surface area contributed by atoms with E-state index in [1.54, 1.807) is 6.92 Å². The zero-order valence-corrected chi connectivity index (χ0v) is 12.5. The molecule has 2 rings (SSSR count). The van der Waals surface area contributed by atoms with Crippen LogP contribution in [0.5, 0.6) is 0 Å². The molecular weight excluding hydrogens is 286 g/mol. The minimum Gasteiger partial charge on any atom is -0.378 e. The quantitative estimate of drug-likeness (QED) is 0.739. The van der Waals surface area contributed by atoms with Gasteiger partial charge in [0, 0.05) is 0 Å². The molecule has 0 aliphatic carbocycles. The summed E-state index contributed by atoms with van der Waals surface area (Å²) in [7, 11) is 1.39. The molecule has 0 radical (unpaired) electrons. The van der Waals surface area contributed by atoms with Crippen LogP contribution in [0.3, 0.4) is 0 Å². The standard InChI is InChI=1S/C16H20NO5/c1-4-13(18)16-15(19)14(17(20-3)22-16)11(2)21-10-12-8-6-5-7-9-12/h1,5-9,11,13,15-16,18-19H,10H2,2-3H3/q+1/t11-,13-,15-,16-/m1/s1. The number of hydrogen-bond donors (Lipinski definition) is 2. The van der Waals surface area contributed by atoms with E-state index in [2.05, 4.69) is 5.92 Å². The Morgan fingerprint density at radius 3 is 2.68 bits per heavy atom. The average molecular weight is 306 g/mol. The van der Waals surface area contributed by atoms with Crippen molar-refractivity contribution in [3.05, 3.63) is 35.9 Å². The lowest BCUT2D eigenvalue weighted by atomic mass is 10.0. The fourth-order valence-electron chi connectivity index (χ4n) is 2.25. The topological polar surface area (TPSA) is 71.2 Å². The number of terminal acetylenes is 1. The SMILES string of the molecule is C#C[C@@H](O)[C@H]1O[N+](OC)=C([C@@H](C)OCc2ccccc2)[C@H]1O. The number of rotatable bonds is 6. The van der Waals surface area contributed by atoms with E-state index in [-0.39, 0.29) is 0 Å². The molecule has 1 aromatic carbocycles. The third-order valence-electron chi connectivity index (χ3n) is 3.45. The molecule has 1 aliphatic rings. The summed E-state index contributed by atoms with van der Waals surface area (Å²) in [6, 6.07) is 9.65. The number of benzene rings is 1. The number of nitrogens with zero attached hydrogens (tertiary/aromatic N) is 1. The summed E-state index contributed by atoms with van der Waals surface area (Å²) in [6.45, 7) is 2.14. The van der Waals surface area contributed by atoms with Gasteiger partial charge in [-0.2, -0.15) is 0 Å². The molecule has 0 spiro atoms. The van der Waals surface area contributed by atoms with Crippen molar-refractivity contribution in [2.75, 3.05) is 7.11 Å². The largest absolute Gasteiger partial charge is 0.378 e. The molecule has 0 amide bonds. The summed E-state index contributed by atoms with van der Waals surface area (Å²) in [5.41, 5.74) is 1.37. The third-order valence-corrected chi connectivity index (χ3v) is 3.45. The molecule has 22 heavy (non-hydrogen) atoms. The maximum absolute atomic E-state index is 10.3. The molecule has 6 heteroatoms. The third kappa shape index (κ3) is 3.39. The highest BCUT2D eigenvalue weighted by Gasteiger charge is 2.52. The molecule has 0 saturated heterocycles. The molecule has 0 saturated carbocycles. The highest BCUT2D eigenvalue weighted by Crippen LogP contribution is 2.19. The highest BCUT2D eigenvalue weighted by atomic mass is 16.9. The van der Waals surface area contributed by atoms with Gasteiger partial charge in [-0.25, -0.2) is 9.68 Å². The van der Waals surface area contributed by atoms with Crippen molar-refractivity contribution in [1.29, 1.82) is 0 Å². The first kappa shape index (κ1) is 16.3. The van der Waals surface area contributed by atoms with Gasteiger partial charge in [-0.15, -0.1) is 6.42 Å². The van der Waals surface area contributed by atoms with Gasteiger partial charge >= 0.3 is 5.71 Å². The Hall–Kier alpha value is -2.07. The molecule has 4 atom stereocenters. The molecule has 0 fully saturated rings. The Bertz CT molecular complexity index is 566. The van der Waals surface area contributed by atoms with Crippen LogP contribution in [-0.4, -0.2) is 52.4 Å². The van der Waals surface area contributed by atoms with Gasteiger partial charge in [0.25, 0.3) is 0 Å². The fourth-order valence-corrected chi connectivity index (χ4v) is 2.25. The molecule has 0 aromatic heterocycles. The normalized spacial score (nSPS) is 23.6. The second kappa shape index (κ2) is 7.27. The first-order valence-electron chi connectivity index (χ1n) is 6.94. The summed E-state index contributed by atoms with van der Waals surface area (Å²) >= 11 is 0. The van der Waals surface area contributed by atoms with Crippen LogP contribution in [0.2, 0.25) is 0 Å². The maximum atomic E-state index is 10.3. The minimum absolute atomic E-state index is 0.359. The highest BCUT2D eigenvalue weighted by molar-refractivity contribution is 5.89. The van der Waals surface area contributed by atoms with Gasteiger partial charge in [-0.05, 0) is 12.5 Å². The zero-order valence-electron chi connectivity index (χ0n) is 12.5. The van der Waals surface area contributed by atoms with Crippen molar-refractivity contribution in [2.45, 2.75) is 37.9 Å². The van der Waals surface area contributed by atoms with Crippen molar-refractivity contribution in [3.8, 4) is 12.3 Å². The molecule has 6 nitrogen and oxygen atoms in total. The predicted molar refractivity (Wildman–Crippen MR) is 78.7 cm³/mol. The number of hydrogen-bond acceptors (Lipinski definition) is 5. The van der Waals surface area contributed by atoms with Crippen molar-refractivity contribution >= 4 is 5.71 Å². The molecular formula is C16H20NO5+. The molecule has 0 bridgehead atoms. The molecule has 1 aromatic rings. The van der Waals surface area contributed by atoms with Crippen LogP contribution in [-0.2, 0) is 21.0 Å². The van der Waals surface area contributed by atoms with Crippen molar-refractivity contribution in [3.63, 3.8) is 0 Å². The van der Waals surface area contributed by atoms with Crippen LogP contribution < -0.4 is 0 Å². The molecule has 1 heterocycles. The van der Waals surface area contributed by atoms with Gasteiger partial charge in [0.2, 0.25) is 11.0 Å². The number of ether oxygens (including phenoxy) is 1. The van der Waals surface area contributed by atoms with E-state index in [0.29, 0.717) is 12.3 Å². The Balaban J connectivity index is 2.06. The van der Waals surface area contributed by atoms with Crippen LogP contribution in [0.25, 0.3) is 0 Å². The lowest BCUT2D eigenvalue weighted by Crippen LogP contribution is -2.42. The molecule has 2 N–H and O–H groups in total. The minimum atomic E-state index is -1.24. The fraction of sp³-hybridized carbons (Fsp3) is 0.438. The van der Waals surface area contributed by atoms with Crippen LogP contribution in [0.1, 0.15) is 12.5 Å². The Labute approximate surface area is 129 Å². The van der Waals surface area contributed by atoms with E-state index in [4.69, 9.17) is 20.8 Å². The Morgan fingerprint density at radius 2 is 2.09 bits per heavy atom. The second-order valence-corrected chi connectivity index (χ2v) is 4.93. The first-order chi connectivity index (χ1) is 10.6. The summed E-state index contributed by atoms with van der Waals surface area (Å²) in [6.07, 6.45) is 1.34. The van der Waals surface area contributed by atoms with Crippen LogP contribution in [0.4, 0.5) is 0 Å². The molecule has 118 valence electrons. The Morgan fingerprint density at radius 1 is 1.41 bits per heavy atom. The van der Waals surface area contributed by atoms with Gasteiger partial charge in [0.05, 0.1) is 6.61 Å². The van der Waals surface area contributed by atoms with E-state index >= 15 is 0 Å². The second-order valence-electron chi connectivity index (χ2n) is 4.93. The first-order valence-corrected chi connectivity index (χ1v) is 6.94. The Kier molecular flexibility index (Phi) is 5.39. The van der Waals surface area contributed by atoms with Crippen LogP contribution in [0.15, 0.2) is 30.3 Å². The summed E-state index contributed by atoms with van der Waals surface area (Å²) < 4.78 is 5.74. The van der Waals surface area contributed by atoms with E-state index in [1.165, 1.54) is 7.11 Å². The van der Waals surface area contributed by atoms with E-state index in [0.717, 1.165) is 10.5 Å². The van der Waals surface area contributed by atoms with Gasteiger partial charge in [-0.1, -0.05) is 36.3 Å². The van der Waals surface area contributed by atoms with Crippen molar-refractivity contribution in [2.24, 2.45) is 0 Å². The molecule has 0 unspecified atom stereocenters. The van der Waals surface area contributed by atoms with Crippen LogP contribution in [0, 0.1) is 12.3 Å². The van der Waals surface area contributed by atoms with Gasteiger partial charge < -0.3 is 14.9 Å².